The number of ether oxygens (including phenoxy) is 1. The van der Waals surface area contributed by atoms with E-state index in [1.807, 2.05) is 0 Å². The second kappa shape index (κ2) is 11.0. The molecule has 1 aromatic rings. The van der Waals surface area contributed by atoms with Gasteiger partial charge in [-0.05, 0) is 25.5 Å². The lowest BCUT2D eigenvalue weighted by Crippen LogP contribution is -2.31. The van der Waals surface area contributed by atoms with Crippen LogP contribution in [0.25, 0.3) is 0 Å². The zero-order valence-corrected chi connectivity index (χ0v) is 15.9. The van der Waals surface area contributed by atoms with Crippen molar-refractivity contribution in [3.63, 3.8) is 0 Å². The summed E-state index contributed by atoms with van der Waals surface area (Å²) in [6.45, 7) is 3.52. The highest BCUT2D eigenvalue weighted by atomic mass is 35.5. The first-order valence-corrected chi connectivity index (χ1v) is 9.42. The van der Waals surface area contributed by atoms with Crippen molar-refractivity contribution in [3.05, 3.63) is 34.9 Å². The van der Waals surface area contributed by atoms with Crippen molar-refractivity contribution in [2.45, 2.75) is 38.8 Å². The first-order chi connectivity index (χ1) is 11.8. The van der Waals surface area contributed by atoms with Crippen LogP contribution in [0.4, 0.5) is 0 Å². The Morgan fingerprint density at radius 3 is 2.56 bits per heavy atom. The topological polar surface area (TPSA) is 98.5 Å². The number of amides is 2. The highest BCUT2D eigenvalue weighted by Crippen LogP contribution is 2.25. The van der Waals surface area contributed by atoms with Gasteiger partial charge in [0.15, 0.2) is 0 Å². The van der Waals surface area contributed by atoms with Gasteiger partial charge in [-0.2, -0.15) is 11.8 Å². The van der Waals surface area contributed by atoms with Crippen LogP contribution in [0.15, 0.2) is 24.3 Å². The van der Waals surface area contributed by atoms with E-state index < -0.39 is 17.9 Å². The summed E-state index contributed by atoms with van der Waals surface area (Å²) >= 11 is 7.48. The van der Waals surface area contributed by atoms with Gasteiger partial charge in [0.05, 0.1) is 24.3 Å². The Balaban J connectivity index is 2.71. The molecule has 138 valence electrons. The fraction of sp³-hybridized carbons (Fsp3) is 0.471. The monoisotopic (exact) mass is 386 g/mol. The summed E-state index contributed by atoms with van der Waals surface area (Å²) in [4.78, 5) is 34.8. The smallest absolute Gasteiger partial charge is 0.308 e. The number of benzene rings is 1. The summed E-state index contributed by atoms with van der Waals surface area (Å²) in [6.07, 6.45) is -0.0412. The third-order valence-corrected chi connectivity index (χ3v) is 4.40. The maximum atomic E-state index is 12.2. The largest absolute Gasteiger partial charge is 0.463 e. The molecule has 0 heterocycles. The van der Waals surface area contributed by atoms with Crippen molar-refractivity contribution in [2.24, 2.45) is 5.73 Å². The standard InChI is InChI=1S/C17H23ClN2O4S/c1-11(2)24-17(23)9-14(12-5-3-4-6-13(12)18)20-16(22)7-8-25-10-15(19)21/h3-6,11,14H,7-10H2,1-2H3,(H2,19,21)(H,20,22)/t14-/m1/s1. The third kappa shape index (κ3) is 8.79. The highest BCUT2D eigenvalue weighted by molar-refractivity contribution is 7.99. The lowest BCUT2D eigenvalue weighted by molar-refractivity contribution is -0.148. The molecule has 6 nitrogen and oxygen atoms in total. The minimum atomic E-state index is -0.575. The Morgan fingerprint density at radius 2 is 1.96 bits per heavy atom. The summed E-state index contributed by atoms with van der Waals surface area (Å²) in [6, 6.07) is 6.45. The van der Waals surface area contributed by atoms with Crippen LogP contribution < -0.4 is 11.1 Å². The van der Waals surface area contributed by atoms with Gasteiger partial charge in [-0.25, -0.2) is 0 Å². The van der Waals surface area contributed by atoms with Crippen molar-refractivity contribution in [2.75, 3.05) is 11.5 Å². The molecule has 0 radical (unpaired) electrons. The van der Waals surface area contributed by atoms with Crippen LogP contribution >= 0.6 is 23.4 Å². The van der Waals surface area contributed by atoms with E-state index in [1.165, 1.54) is 11.8 Å². The summed E-state index contributed by atoms with van der Waals surface area (Å²) in [5.41, 5.74) is 5.71. The first kappa shape index (κ1) is 21.3. The number of carbonyl (C=O) groups excluding carboxylic acids is 3. The minimum Gasteiger partial charge on any atom is -0.463 e. The molecule has 0 aliphatic heterocycles. The SMILES string of the molecule is CC(C)OC(=O)C[C@@H](NC(=O)CCSCC(N)=O)c1ccccc1Cl. The van der Waals surface area contributed by atoms with Crippen LogP contribution in [0.2, 0.25) is 5.02 Å². The lowest BCUT2D eigenvalue weighted by Gasteiger charge is -2.20. The normalized spacial score (nSPS) is 11.8. The van der Waals surface area contributed by atoms with Gasteiger partial charge in [-0.15, -0.1) is 0 Å². The van der Waals surface area contributed by atoms with E-state index in [2.05, 4.69) is 5.32 Å². The maximum Gasteiger partial charge on any atom is 0.308 e. The fourth-order valence-electron chi connectivity index (χ4n) is 2.08. The van der Waals surface area contributed by atoms with Crippen LogP contribution in [0.1, 0.15) is 38.3 Å². The molecule has 0 spiro atoms. The molecular formula is C17H23ClN2O4S. The maximum absolute atomic E-state index is 12.2. The minimum absolute atomic E-state index is 0.0118. The summed E-state index contributed by atoms with van der Waals surface area (Å²) < 4.78 is 5.16. The number of rotatable bonds is 10. The number of thioether (sulfide) groups is 1. The van der Waals surface area contributed by atoms with E-state index in [4.69, 9.17) is 22.1 Å². The molecule has 0 unspecified atom stereocenters. The Kier molecular flexibility index (Phi) is 9.37. The number of halogens is 1. The second-order valence-corrected chi connectivity index (χ2v) is 7.17. The van der Waals surface area contributed by atoms with E-state index in [-0.39, 0.29) is 30.6 Å². The van der Waals surface area contributed by atoms with Crippen molar-refractivity contribution in [3.8, 4) is 0 Å². The number of nitrogens with two attached hydrogens (primary N) is 1. The number of carbonyl (C=O) groups is 3. The van der Waals surface area contributed by atoms with Gasteiger partial charge in [0, 0.05) is 17.2 Å². The van der Waals surface area contributed by atoms with Crippen molar-refractivity contribution in [1.29, 1.82) is 0 Å². The molecule has 3 N–H and O–H groups in total. The Hall–Kier alpha value is -1.73. The van der Waals surface area contributed by atoms with Gasteiger partial charge in [0.2, 0.25) is 11.8 Å². The van der Waals surface area contributed by atoms with Gasteiger partial charge in [-0.3, -0.25) is 14.4 Å². The first-order valence-electron chi connectivity index (χ1n) is 7.89. The molecule has 0 aliphatic rings. The van der Waals surface area contributed by atoms with Gasteiger partial charge in [-0.1, -0.05) is 29.8 Å². The van der Waals surface area contributed by atoms with Crippen LogP contribution in [0.5, 0.6) is 0 Å². The predicted octanol–water partition coefficient (Wildman–Crippen LogP) is 2.45. The van der Waals surface area contributed by atoms with E-state index in [0.29, 0.717) is 16.3 Å². The number of nitrogens with one attached hydrogen (secondary N) is 1. The Morgan fingerprint density at radius 1 is 1.28 bits per heavy atom. The average molecular weight is 387 g/mol. The van der Waals surface area contributed by atoms with Crippen molar-refractivity contribution in [1.82, 2.24) is 5.32 Å². The fourth-order valence-corrected chi connectivity index (χ4v) is 3.02. The molecule has 0 saturated heterocycles. The highest BCUT2D eigenvalue weighted by Gasteiger charge is 2.21. The van der Waals surface area contributed by atoms with E-state index >= 15 is 0 Å². The molecule has 0 aliphatic carbocycles. The second-order valence-electron chi connectivity index (χ2n) is 5.65. The molecule has 0 fully saturated rings. The molecule has 1 aromatic carbocycles. The number of primary amides is 1. The Labute approximate surface area is 156 Å². The molecule has 25 heavy (non-hydrogen) atoms. The molecule has 0 bridgehead atoms. The molecule has 1 atom stereocenters. The van der Waals surface area contributed by atoms with Crippen LogP contribution in [0.3, 0.4) is 0 Å². The molecule has 1 rings (SSSR count). The van der Waals surface area contributed by atoms with Crippen LogP contribution in [-0.4, -0.2) is 35.4 Å². The van der Waals surface area contributed by atoms with E-state index in [9.17, 15) is 14.4 Å². The quantitative estimate of drug-likeness (QED) is 0.475. The molecule has 0 aromatic heterocycles. The zero-order chi connectivity index (χ0) is 18.8. The Bertz CT molecular complexity index is 610. The van der Waals surface area contributed by atoms with Gasteiger partial charge in [0.1, 0.15) is 0 Å². The van der Waals surface area contributed by atoms with Gasteiger partial charge < -0.3 is 15.8 Å². The molecular weight excluding hydrogens is 364 g/mol. The lowest BCUT2D eigenvalue weighted by atomic mass is 10.0. The number of hydrogen-bond donors (Lipinski definition) is 2. The molecule has 8 heteroatoms. The van der Waals surface area contributed by atoms with E-state index in [1.54, 1.807) is 38.1 Å². The number of esters is 1. The summed E-state index contributed by atoms with van der Waals surface area (Å²) in [5.74, 6) is -0.444. The van der Waals surface area contributed by atoms with Crippen molar-refractivity contribution < 1.29 is 19.1 Å². The van der Waals surface area contributed by atoms with Crippen LogP contribution in [0, 0.1) is 0 Å². The molecule has 0 saturated carbocycles. The molecule has 2 amide bonds. The summed E-state index contributed by atoms with van der Waals surface area (Å²) in [5, 5.41) is 3.28. The number of hydrogen-bond acceptors (Lipinski definition) is 5. The average Bonchev–Trinajstić information content (AvgIpc) is 2.50. The third-order valence-electron chi connectivity index (χ3n) is 3.07. The van der Waals surface area contributed by atoms with E-state index in [0.717, 1.165) is 0 Å². The van der Waals surface area contributed by atoms with Gasteiger partial charge >= 0.3 is 5.97 Å². The summed E-state index contributed by atoms with van der Waals surface area (Å²) in [7, 11) is 0. The van der Waals surface area contributed by atoms with Gasteiger partial charge in [0.25, 0.3) is 0 Å². The van der Waals surface area contributed by atoms with Crippen LogP contribution in [-0.2, 0) is 19.1 Å². The zero-order valence-electron chi connectivity index (χ0n) is 14.3. The predicted molar refractivity (Wildman–Crippen MR) is 99.3 cm³/mol. The van der Waals surface area contributed by atoms with Crippen molar-refractivity contribution >= 4 is 41.1 Å².